The summed E-state index contributed by atoms with van der Waals surface area (Å²) < 4.78 is 16.2. The lowest BCUT2D eigenvalue weighted by atomic mass is 9.86. The van der Waals surface area contributed by atoms with Gasteiger partial charge in [-0.1, -0.05) is 39.0 Å². The van der Waals surface area contributed by atoms with E-state index < -0.39 is 0 Å². The molecule has 1 amide bonds. The summed E-state index contributed by atoms with van der Waals surface area (Å²) in [6, 6.07) is 13.0. The molecule has 0 unspecified atom stereocenters. The number of rotatable bonds is 6. The van der Waals surface area contributed by atoms with Crippen molar-refractivity contribution in [1.29, 1.82) is 0 Å². The summed E-state index contributed by atoms with van der Waals surface area (Å²) in [6.45, 7) is 6.24. The lowest BCUT2D eigenvalue weighted by Crippen LogP contribution is -2.22. The monoisotopic (exact) mass is 343 g/mol. The Morgan fingerprint density at radius 1 is 1.00 bits per heavy atom. The summed E-state index contributed by atoms with van der Waals surface area (Å²) in [5, 5.41) is 2.80. The zero-order valence-corrected chi connectivity index (χ0v) is 15.4. The molecule has 0 spiro atoms. The van der Waals surface area contributed by atoms with Gasteiger partial charge in [0.05, 0.1) is 19.9 Å². The molecule has 5 heteroatoms. The molecule has 0 aliphatic heterocycles. The van der Waals surface area contributed by atoms with Crippen LogP contribution in [0.25, 0.3) is 0 Å². The van der Waals surface area contributed by atoms with E-state index in [1.54, 1.807) is 32.4 Å². The highest BCUT2D eigenvalue weighted by molar-refractivity contribution is 5.93. The van der Waals surface area contributed by atoms with E-state index in [0.717, 1.165) is 5.56 Å². The topological polar surface area (TPSA) is 56.8 Å². The van der Waals surface area contributed by atoms with Crippen LogP contribution in [0.4, 0.5) is 5.69 Å². The van der Waals surface area contributed by atoms with Crippen molar-refractivity contribution >= 4 is 11.6 Å². The predicted octanol–water partition coefficient (Wildman–Crippen LogP) is 4.02. The number of benzene rings is 2. The van der Waals surface area contributed by atoms with Crippen molar-refractivity contribution < 1.29 is 19.0 Å². The van der Waals surface area contributed by atoms with Gasteiger partial charge in [0, 0.05) is 6.07 Å². The van der Waals surface area contributed by atoms with Crippen LogP contribution in [0.2, 0.25) is 0 Å². The van der Waals surface area contributed by atoms with E-state index in [1.165, 1.54) is 0 Å². The number of carbonyl (C=O) groups excluding carboxylic acids is 1. The number of amides is 1. The largest absolute Gasteiger partial charge is 0.497 e. The van der Waals surface area contributed by atoms with Crippen molar-refractivity contribution in [3.8, 4) is 17.2 Å². The molecule has 0 aliphatic rings. The summed E-state index contributed by atoms with van der Waals surface area (Å²) in [7, 11) is 3.12. The van der Waals surface area contributed by atoms with Gasteiger partial charge in [-0.05, 0) is 29.2 Å². The Morgan fingerprint density at radius 3 is 2.36 bits per heavy atom. The van der Waals surface area contributed by atoms with E-state index in [-0.39, 0.29) is 17.9 Å². The molecule has 0 bridgehead atoms. The van der Waals surface area contributed by atoms with Crippen LogP contribution >= 0.6 is 0 Å². The second-order valence-electron chi connectivity index (χ2n) is 6.65. The molecular weight excluding hydrogens is 318 g/mol. The lowest BCUT2D eigenvalue weighted by molar-refractivity contribution is -0.118. The third kappa shape index (κ3) is 4.89. The molecule has 2 aromatic carbocycles. The third-order valence-corrected chi connectivity index (χ3v) is 3.74. The molecule has 0 fully saturated rings. The van der Waals surface area contributed by atoms with Crippen LogP contribution in [0.15, 0.2) is 42.5 Å². The standard InChI is InChI=1S/C20H25NO4/c1-20(2,3)15-8-6-7-9-17(15)25-13-19(22)21-16-11-10-14(23-4)12-18(16)24-5/h6-12H,13H2,1-5H3,(H,21,22). The molecule has 1 N–H and O–H groups in total. The summed E-state index contributed by atoms with van der Waals surface area (Å²) in [6.07, 6.45) is 0. The zero-order chi connectivity index (χ0) is 18.4. The van der Waals surface area contributed by atoms with Gasteiger partial charge in [0.1, 0.15) is 17.2 Å². The van der Waals surface area contributed by atoms with E-state index in [2.05, 4.69) is 26.1 Å². The van der Waals surface area contributed by atoms with Crippen LogP contribution in [0.3, 0.4) is 0 Å². The number of hydrogen-bond acceptors (Lipinski definition) is 4. The molecule has 0 saturated heterocycles. The Bertz CT molecular complexity index is 735. The first-order valence-corrected chi connectivity index (χ1v) is 8.09. The first kappa shape index (κ1) is 18.6. The summed E-state index contributed by atoms with van der Waals surface area (Å²) >= 11 is 0. The summed E-state index contributed by atoms with van der Waals surface area (Å²) in [5.74, 6) is 1.65. The Balaban J connectivity index is 2.05. The number of carbonyl (C=O) groups is 1. The zero-order valence-electron chi connectivity index (χ0n) is 15.4. The van der Waals surface area contributed by atoms with Crippen LogP contribution in [0.1, 0.15) is 26.3 Å². The molecule has 0 radical (unpaired) electrons. The Morgan fingerprint density at radius 2 is 1.72 bits per heavy atom. The number of anilines is 1. The van der Waals surface area contributed by atoms with Crippen molar-refractivity contribution in [3.63, 3.8) is 0 Å². The maximum absolute atomic E-state index is 12.2. The predicted molar refractivity (Wildman–Crippen MR) is 98.8 cm³/mol. The van der Waals surface area contributed by atoms with Gasteiger partial charge in [-0.15, -0.1) is 0 Å². The fourth-order valence-electron chi connectivity index (χ4n) is 2.44. The molecule has 134 valence electrons. The minimum Gasteiger partial charge on any atom is -0.497 e. The summed E-state index contributed by atoms with van der Waals surface area (Å²) in [5.41, 5.74) is 1.57. The highest BCUT2D eigenvalue weighted by Gasteiger charge is 2.19. The van der Waals surface area contributed by atoms with Gasteiger partial charge in [-0.2, -0.15) is 0 Å². The Labute approximate surface area is 148 Å². The quantitative estimate of drug-likeness (QED) is 0.861. The Kier molecular flexibility index (Phi) is 5.91. The maximum Gasteiger partial charge on any atom is 0.262 e. The van der Waals surface area contributed by atoms with Gasteiger partial charge in [0.2, 0.25) is 0 Å². The van der Waals surface area contributed by atoms with E-state index in [4.69, 9.17) is 14.2 Å². The highest BCUT2D eigenvalue weighted by Crippen LogP contribution is 2.31. The van der Waals surface area contributed by atoms with E-state index in [9.17, 15) is 4.79 Å². The highest BCUT2D eigenvalue weighted by atomic mass is 16.5. The molecule has 25 heavy (non-hydrogen) atoms. The van der Waals surface area contributed by atoms with Crippen LogP contribution in [-0.4, -0.2) is 26.7 Å². The number of nitrogens with one attached hydrogen (secondary N) is 1. The minimum atomic E-state index is -0.257. The normalized spacial score (nSPS) is 10.9. The molecule has 0 heterocycles. The second kappa shape index (κ2) is 7.92. The van der Waals surface area contributed by atoms with Crippen molar-refractivity contribution in [2.24, 2.45) is 0 Å². The molecule has 0 atom stereocenters. The molecule has 5 nitrogen and oxygen atoms in total. The van der Waals surface area contributed by atoms with Gasteiger partial charge >= 0.3 is 0 Å². The molecule has 0 saturated carbocycles. The van der Waals surface area contributed by atoms with Crippen LogP contribution in [-0.2, 0) is 10.2 Å². The lowest BCUT2D eigenvalue weighted by Gasteiger charge is -2.22. The third-order valence-electron chi connectivity index (χ3n) is 3.74. The van der Waals surface area contributed by atoms with Gasteiger partial charge < -0.3 is 19.5 Å². The van der Waals surface area contributed by atoms with Crippen molar-refractivity contribution in [3.05, 3.63) is 48.0 Å². The van der Waals surface area contributed by atoms with Crippen LogP contribution in [0.5, 0.6) is 17.2 Å². The van der Waals surface area contributed by atoms with Gasteiger partial charge in [0.25, 0.3) is 5.91 Å². The Hall–Kier alpha value is -2.69. The van der Waals surface area contributed by atoms with Gasteiger partial charge in [0.15, 0.2) is 6.61 Å². The van der Waals surface area contributed by atoms with Crippen molar-refractivity contribution in [2.45, 2.75) is 26.2 Å². The average molecular weight is 343 g/mol. The van der Waals surface area contributed by atoms with E-state index >= 15 is 0 Å². The van der Waals surface area contributed by atoms with Crippen LogP contribution in [0, 0.1) is 0 Å². The van der Waals surface area contributed by atoms with E-state index in [1.807, 2.05) is 24.3 Å². The van der Waals surface area contributed by atoms with Crippen molar-refractivity contribution in [2.75, 3.05) is 26.1 Å². The summed E-state index contributed by atoms with van der Waals surface area (Å²) in [4.78, 5) is 12.2. The molecule has 0 aromatic heterocycles. The molecule has 0 aliphatic carbocycles. The van der Waals surface area contributed by atoms with Gasteiger partial charge in [-0.3, -0.25) is 4.79 Å². The van der Waals surface area contributed by atoms with Crippen molar-refractivity contribution in [1.82, 2.24) is 0 Å². The maximum atomic E-state index is 12.2. The second-order valence-corrected chi connectivity index (χ2v) is 6.65. The smallest absolute Gasteiger partial charge is 0.262 e. The first-order chi connectivity index (χ1) is 11.8. The minimum absolute atomic E-state index is 0.0632. The SMILES string of the molecule is COc1ccc(NC(=O)COc2ccccc2C(C)(C)C)c(OC)c1. The molecular formula is C20H25NO4. The molecule has 2 rings (SSSR count). The van der Waals surface area contributed by atoms with Gasteiger partial charge in [-0.25, -0.2) is 0 Å². The fraction of sp³-hybridized carbons (Fsp3) is 0.350. The number of ether oxygens (including phenoxy) is 3. The molecule has 2 aromatic rings. The first-order valence-electron chi connectivity index (χ1n) is 8.09. The van der Waals surface area contributed by atoms with E-state index in [0.29, 0.717) is 22.9 Å². The fourth-order valence-corrected chi connectivity index (χ4v) is 2.44. The number of methoxy groups -OCH3 is 2. The number of hydrogen-bond donors (Lipinski definition) is 1. The van der Waals surface area contributed by atoms with Crippen LogP contribution < -0.4 is 19.5 Å². The number of para-hydroxylation sites is 1. The average Bonchev–Trinajstić information content (AvgIpc) is 2.59.